The number of benzene rings is 2. The van der Waals surface area contributed by atoms with Crippen molar-refractivity contribution in [3.8, 4) is 5.75 Å². The molecule has 0 radical (unpaired) electrons. The van der Waals surface area contributed by atoms with E-state index in [9.17, 15) is 5.11 Å². The van der Waals surface area contributed by atoms with Gasteiger partial charge in [-0.25, -0.2) is 9.97 Å². The molecule has 0 amide bonds. The molecule has 0 atom stereocenters. The van der Waals surface area contributed by atoms with Gasteiger partial charge in [-0.15, -0.1) is 0 Å². The third-order valence-electron chi connectivity index (χ3n) is 2.99. The molecule has 18 heavy (non-hydrogen) atoms. The zero-order valence-corrected chi connectivity index (χ0v) is 11.4. The van der Waals surface area contributed by atoms with Gasteiger partial charge in [0.2, 0.25) is 0 Å². The molecular formula is C14H11BrN2O. The lowest BCUT2D eigenvalue weighted by Crippen LogP contribution is -1.90. The first-order valence-corrected chi connectivity index (χ1v) is 6.56. The Morgan fingerprint density at radius 2 is 1.83 bits per heavy atom. The second-order valence-electron chi connectivity index (χ2n) is 4.16. The lowest BCUT2D eigenvalue weighted by atomic mass is 10.1. The SMILES string of the molecule is CCc1ccc2nc3c(O)ccc(Br)c3nc2c1. The summed E-state index contributed by atoms with van der Waals surface area (Å²) in [4.78, 5) is 9.05. The fourth-order valence-corrected chi connectivity index (χ4v) is 2.38. The second kappa shape index (κ2) is 4.21. The quantitative estimate of drug-likeness (QED) is 0.695. The van der Waals surface area contributed by atoms with Crippen LogP contribution in [0.4, 0.5) is 0 Å². The Labute approximate surface area is 113 Å². The normalized spacial score (nSPS) is 11.2. The Morgan fingerprint density at radius 1 is 1.06 bits per heavy atom. The minimum Gasteiger partial charge on any atom is -0.506 e. The molecule has 0 aliphatic heterocycles. The summed E-state index contributed by atoms with van der Waals surface area (Å²) >= 11 is 3.44. The van der Waals surface area contributed by atoms with E-state index in [1.165, 1.54) is 5.56 Å². The minimum atomic E-state index is 0.155. The number of aromatic nitrogens is 2. The Morgan fingerprint density at radius 3 is 2.61 bits per heavy atom. The number of nitrogens with zero attached hydrogens (tertiary/aromatic N) is 2. The molecule has 0 aliphatic carbocycles. The van der Waals surface area contributed by atoms with Crippen LogP contribution in [0.25, 0.3) is 22.1 Å². The van der Waals surface area contributed by atoms with Crippen LogP contribution >= 0.6 is 15.9 Å². The number of rotatable bonds is 1. The monoisotopic (exact) mass is 302 g/mol. The van der Waals surface area contributed by atoms with E-state index in [-0.39, 0.29) is 5.75 Å². The maximum Gasteiger partial charge on any atom is 0.143 e. The van der Waals surface area contributed by atoms with E-state index in [0.717, 1.165) is 21.9 Å². The van der Waals surface area contributed by atoms with Crippen LogP contribution in [0.2, 0.25) is 0 Å². The molecule has 1 heterocycles. The molecule has 90 valence electrons. The van der Waals surface area contributed by atoms with Crippen LogP contribution in [-0.4, -0.2) is 15.1 Å². The first-order chi connectivity index (χ1) is 8.69. The van der Waals surface area contributed by atoms with E-state index < -0.39 is 0 Å². The fraction of sp³-hybridized carbons (Fsp3) is 0.143. The Kier molecular flexibility index (Phi) is 2.67. The van der Waals surface area contributed by atoms with Crippen LogP contribution in [0.15, 0.2) is 34.8 Å². The van der Waals surface area contributed by atoms with E-state index in [4.69, 9.17) is 0 Å². The highest BCUT2D eigenvalue weighted by molar-refractivity contribution is 9.10. The largest absolute Gasteiger partial charge is 0.506 e. The summed E-state index contributed by atoms with van der Waals surface area (Å²) in [5.41, 5.74) is 4.10. The van der Waals surface area contributed by atoms with Gasteiger partial charge in [-0.05, 0) is 52.2 Å². The number of halogens is 1. The lowest BCUT2D eigenvalue weighted by Gasteiger charge is -2.05. The van der Waals surface area contributed by atoms with Crippen molar-refractivity contribution in [2.45, 2.75) is 13.3 Å². The van der Waals surface area contributed by atoms with Crippen molar-refractivity contribution < 1.29 is 5.11 Å². The van der Waals surface area contributed by atoms with Crippen LogP contribution in [0.5, 0.6) is 5.75 Å². The number of phenols is 1. The van der Waals surface area contributed by atoms with E-state index in [1.54, 1.807) is 12.1 Å². The maximum atomic E-state index is 9.83. The van der Waals surface area contributed by atoms with E-state index in [1.807, 2.05) is 18.2 Å². The minimum absolute atomic E-state index is 0.155. The van der Waals surface area contributed by atoms with E-state index in [0.29, 0.717) is 11.0 Å². The van der Waals surface area contributed by atoms with E-state index in [2.05, 4.69) is 32.8 Å². The molecule has 4 heteroatoms. The summed E-state index contributed by atoms with van der Waals surface area (Å²) in [6, 6.07) is 9.42. The molecule has 1 aromatic heterocycles. The van der Waals surface area contributed by atoms with Crippen molar-refractivity contribution in [2.75, 3.05) is 0 Å². The molecule has 0 saturated heterocycles. The Hall–Kier alpha value is -1.68. The summed E-state index contributed by atoms with van der Waals surface area (Å²) in [5.74, 6) is 0.155. The summed E-state index contributed by atoms with van der Waals surface area (Å²) in [6.45, 7) is 2.11. The number of aromatic hydroxyl groups is 1. The maximum absolute atomic E-state index is 9.83. The molecule has 0 bridgehead atoms. The van der Waals surface area contributed by atoms with Gasteiger partial charge in [0, 0.05) is 4.47 Å². The van der Waals surface area contributed by atoms with E-state index >= 15 is 0 Å². The van der Waals surface area contributed by atoms with Gasteiger partial charge in [0.1, 0.15) is 16.8 Å². The van der Waals surface area contributed by atoms with Crippen molar-refractivity contribution in [3.63, 3.8) is 0 Å². The molecule has 3 aromatic rings. The Balaban J connectivity index is 2.43. The van der Waals surface area contributed by atoms with Gasteiger partial charge in [0.25, 0.3) is 0 Å². The van der Waals surface area contributed by atoms with Crippen molar-refractivity contribution in [1.82, 2.24) is 9.97 Å². The molecule has 3 rings (SSSR count). The average Bonchev–Trinajstić information content (AvgIpc) is 2.41. The predicted octanol–water partition coefficient (Wildman–Crippen LogP) is 3.81. The highest BCUT2D eigenvalue weighted by atomic mass is 79.9. The molecule has 0 aliphatic rings. The molecule has 0 saturated carbocycles. The van der Waals surface area contributed by atoms with Crippen LogP contribution < -0.4 is 0 Å². The summed E-state index contributed by atoms with van der Waals surface area (Å²) in [6.07, 6.45) is 0.969. The van der Waals surface area contributed by atoms with Crippen LogP contribution in [-0.2, 0) is 6.42 Å². The molecule has 1 N–H and O–H groups in total. The van der Waals surface area contributed by atoms with Gasteiger partial charge >= 0.3 is 0 Å². The third-order valence-corrected chi connectivity index (χ3v) is 3.63. The smallest absolute Gasteiger partial charge is 0.143 e. The first kappa shape index (κ1) is 11.4. The Bertz CT molecular complexity index is 755. The van der Waals surface area contributed by atoms with Crippen molar-refractivity contribution in [1.29, 1.82) is 0 Å². The first-order valence-electron chi connectivity index (χ1n) is 5.77. The number of hydrogen-bond acceptors (Lipinski definition) is 3. The molecule has 0 unspecified atom stereocenters. The third kappa shape index (κ3) is 1.73. The number of fused-ring (bicyclic) bond motifs is 2. The zero-order chi connectivity index (χ0) is 12.7. The molecule has 2 aromatic carbocycles. The highest BCUT2D eigenvalue weighted by Crippen LogP contribution is 2.29. The lowest BCUT2D eigenvalue weighted by molar-refractivity contribution is 0.480. The topological polar surface area (TPSA) is 46.0 Å². The summed E-state index contributed by atoms with van der Waals surface area (Å²) in [7, 11) is 0. The molecule has 3 nitrogen and oxygen atoms in total. The zero-order valence-electron chi connectivity index (χ0n) is 9.81. The van der Waals surface area contributed by atoms with Gasteiger partial charge in [-0.1, -0.05) is 13.0 Å². The van der Waals surface area contributed by atoms with Gasteiger partial charge in [0.05, 0.1) is 11.0 Å². The van der Waals surface area contributed by atoms with Crippen LogP contribution in [0.1, 0.15) is 12.5 Å². The molecular weight excluding hydrogens is 292 g/mol. The number of hydrogen-bond donors (Lipinski definition) is 1. The molecule has 0 spiro atoms. The number of aryl methyl sites for hydroxylation is 1. The van der Waals surface area contributed by atoms with Crippen molar-refractivity contribution >= 4 is 38.0 Å². The van der Waals surface area contributed by atoms with Gasteiger partial charge in [-0.3, -0.25) is 0 Å². The summed E-state index contributed by atoms with van der Waals surface area (Å²) < 4.78 is 0.839. The molecule has 0 fully saturated rings. The van der Waals surface area contributed by atoms with Gasteiger partial charge < -0.3 is 5.11 Å². The predicted molar refractivity (Wildman–Crippen MR) is 75.8 cm³/mol. The standard InChI is InChI=1S/C14H11BrN2O/c1-2-8-3-5-10-11(7-8)17-13-9(15)4-6-12(18)14(13)16-10/h3-7,18H,2H2,1H3. The average molecular weight is 303 g/mol. The van der Waals surface area contributed by atoms with Gasteiger partial charge in [-0.2, -0.15) is 0 Å². The van der Waals surface area contributed by atoms with Crippen LogP contribution in [0.3, 0.4) is 0 Å². The van der Waals surface area contributed by atoms with Gasteiger partial charge in [0.15, 0.2) is 0 Å². The summed E-state index contributed by atoms with van der Waals surface area (Å²) in [5, 5.41) is 9.83. The second-order valence-corrected chi connectivity index (χ2v) is 5.02. The van der Waals surface area contributed by atoms with Crippen molar-refractivity contribution in [2.24, 2.45) is 0 Å². The van der Waals surface area contributed by atoms with Crippen LogP contribution in [0, 0.1) is 0 Å². The van der Waals surface area contributed by atoms with Crippen molar-refractivity contribution in [3.05, 3.63) is 40.4 Å². The highest BCUT2D eigenvalue weighted by Gasteiger charge is 2.09. The fourth-order valence-electron chi connectivity index (χ4n) is 1.97. The number of phenolic OH excluding ortho intramolecular Hbond substituents is 1.